The predicted molar refractivity (Wildman–Crippen MR) is 76.7 cm³/mol. The predicted octanol–water partition coefficient (Wildman–Crippen LogP) is 2.10. The molecule has 108 valence electrons. The van der Waals surface area contributed by atoms with Crippen LogP contribution in [0.2, 0.25) is 0 Å². The van der Waals surface area contributed by atoms with Gasteiger partial charge in [0.25, 0.3) is 0 Å². The smallest absolute Gasteiger partial charge is 0.408 e. The number of nitrogens with zero attached hydrogens (tertiary/aromatic N) is 1. The summed E-state index contributed by atoms with van der Waals surface area (Å²) in [6.07, 6.45) is -0.0814. The van der Waals surface area contributed by atoms with E-state index >= 15 is 0 Å². The average Bonchev–Trinajstić information content (AvgIpc) is 2.33. The Bertz CT molecular complexity index is 534. The number of benzene rings is 1. The van der Waals surface area contributed by atoms with E-state index in [1.54, 1.807) is 32.7 Å². The van der Waals surface area contributed by atoms with E-state index in [0.717, 1.165) is 11.3 Å². The lowest BCUT2D eigenvalue weighted by Gasteiger charge is -2.32. The molecule has 0 saturated carbocycles. The van der Waals surface area contributed by atoms with Gasteiger partial charge >= 0.3 is 6.09 Å². The molecular weight excluding hydrogens is 256 g/mol. The minimum absolute atomic E-state index is 0.130. The number of hydrogen-bond acceptors (Lipinski definition) is 3. The third-order valence-corrected chi connectivity index (χ3v) is 3.10. The van der Waals surface area contributed by atoms with Gasteiger partial charge in [-0.15, -0.1) is 0 Å². The van der Waals surface area contributed by atoms with Crippen LogP contribution >= 0.6 is 0 Å². The molecule has 2 rings (SSSR count). The van der Waals surface area contributed by atoms with Crippen LogP contribution in [0.5, 0.6) is 0 Å². The van der Waals surface area contributed by atoms with Crippen LogP contribution in [0.1, 0.15) is 26.3 Å². The maximum Gasteiger partial charge on any atom is 0.408 e. The normalized spacial score (nSPS) is 18.5. The molecule has 1 aliphatic heterocycles. The van der Waals surface area contributed by atoms with Crippen molar-refractivity contribution in [1.29, 1.82) is 0 Å². The molecule has 5 heteroatoms. The van der Waals surface area contributed by atoms with Crippen LogP contribution in [0.25, 0.3) is 0 Å². The summed E-state index contributed by atoms with van der Waals surface area (Å²) in [5.41, 5.74) is 1.35. The SMILES string of the molecule is CN1C(=O)C(NC(=O)OC(C)(C)C)Cc2ccccc21. The topological polar surface area (TPSA) is 58.6 Å². The summed E-state index contributed by atoms with van der Waals surface area (Å²) in [5, 5.41) is 2.64. The molecule has 1 heterocycles. The summed E-state index contributed by atoms with van der Waals surface area (Å²) in [7, 11) is 1.71. The van der Waals surface area contributed by atoms with Crippen molar-refractivity contribution >= 4 is 17.7 Å². The summed E-state index contributed by atoms with van der Waals surface area (Å²) < 4.78 is 5.19. The van der Waals surface area contributed by atoms with Crippen LogP contribution < -0.4 is 10.2 Å². The Kier molecular flexibility index (Phi) is 3.70. The molecule has 1 aromatic carbocycles. The van der Waals surface area contributed by atoms with Crippen LogP contribution in [0, 0.1) is 0 Å². The second-order valence-corrected chi connectivity index (χ2v) is 5.93. The number of carbonyl (C=O) groups is 2. The highest BCUT2D eigenvalue weighted by molar-refractivity contribution is 6.01. The minimum atomic E-state index is -0.579. The van der Waals surface area contributed by atoms with Crippen LogP contribution in [0.15, 0.2) is 24.3 Å². The summed E-state index contributed by atoms with van der Waals surface area (Å²) in [6.45, 7) is 5.37. The zero-order valence-electron chi connectivity index (χ0n) is 12.3. The zero-order chi connectivity index (χ0) is 14.9. The lowest BCUT2D eigenvalue weighted by atomic mass is 9.98. The van der Waals surface area contributed by atoms with Crippen LogP contribution in [-0.2, 0) is 16.0 Å². The fraction of sp³-hybridized carbons (Fsp3) is 0.467. The summed E-state index contributed by atoms with van der Waals surface area (Å²) >= 11 is 0. The van der Waals surface area contributed by atoms with E-state index in [1.807, 2.05) is 24.3 Å². The Morgan fingerprint density at radius 2 is 2.00 bits per heavy atom. The van der Waals surface area contributed by atoms with Crippen LogP contribution in [0.3, 0.4) is 0 Å². The van der Waals surface area contributed by atoms with Gasteiger partial charge in [-0.2, -0.15) is 0 Å². The van der Waals surface area contributed by atoms with Crippen molar-refractivity contribution in [2.75, 3.05) is 11.9 Å². The van der Waals surface area contributed by atoms with E-state index in [2.05, 4.69) is 5.32 Å². The van der Waals surface area contributed by atoms with E-state index in [4.69, 9.17) is 4.74 Å². The second kappa shape index (κ2) is 5.15. The molecule has 1 N–H and O–H groups in total. The molecular formula is C15H20N2O3. The van der Waals surface area contributed by atoms with Crippen molar-refractivity contribution < 1.29 is 14.3 Å². The van der Waals surface area contributed by atoms with Gasteiger partial charge < -0.3 is 15.0 Å². The molecule has 1 unspecified atom stereocenters. The molecule has 0 aliphatic carbocycles. The summed E-state index contributed by atoms with van der Waals surface area (Å²) in [5.74, 6) is -0.130. The largest absolute Gasteiger partial charge is 0.444 e. The van der Waals surface area contributed by atoms with Crippen LogP contribution in [0.4, 0.5) is 10.5 Å². The van der Waals surface area contributed by atoms with Crippen molar-refractivity contribution in [3.05, 3.63) is 29.8 Å². The quantitative estimate of drug-likeness (QED) is 0.854. The van der Waals surface area contributed by atoms with Crippen molar-refractivity contribution in [3.63, 3.8) is 0 Å². The van der Waals surface area contributed by atoms with Crippen molar-refractivity contribution in [1.82, 2.24) is 5.32 Å². The van der Waals surface area contributed by atoms with Gasteiger partial charge in [0.15, 0.2) is 0 Å². The van der Waals surface area contributed by atoms with Crippen molar-refractivity contribution in [2.45, 2.75) is 38.8 Å². The standard InChI is InChI=1S/C15H20N2O3/c1-15(2,3)20-14(19)16-11-9-10-7-5-6-8-12(10)17(4)13(11)18/h5-8,11H,9H2,1-4H3,(H,16,19). The van der Waals surface area contributed by atoms with Gasteiger partial charge in [0.2, 0.25) is 5.91 Å². The number of alkyl carbamates (subject to hydrolysis) is 1. The number of para-hydroxylation sites is 1. The monoisotopic (exact) mass is 276 g/mol. The first-order chi connectivity index (χ1) is 9.28. The van der Waals surface area contributed by atoms with Crippen molar-refractivity contribution in [3.8, 4) is 0 Å². The Morgan fingerprint density at radius 1 is 1.35 bits per heavy atom. The Morgan fingerprint density at radius 3 is 2.65 bits per heavy atom. The fourth-order valence-electron chi connectivity index (χ4n) is 2.23. The number of ether oxygens (including phenoxy) is 1. The molecule has 0 fully saturated rings. The molecule has 1 aliphatic rings. The highest BCUT2D eigenvalue weighted by Gasteiger charge is 2.32. The molecule has 0 saturated heterocycles. The van der Waals surface area contributed by atoms with Gasteiger partial charge in [-0.3, -0.25) is 4.79 Å². The Hall–Kier alpha value is -2.04. The van der Waals surface area contributed by atoms with Gasteiger partial charge in [0.05, 0.1) is 0 Å². The first-order valence-electron chi connectivity index (χ1n) is 6.63. The molecule has 0 aromatic heterocycles. The second-order valence-electron chi connectivity index (χ2n) is 5.93. The van der Waals surface area contributed by atoms with Crippen molar-refractivity contribution in [2.24, 2.45) is 0 Å². The fourth-order valence-corrected chi connectivity index (χ4v) is 2.23. The molecule has 0 spiro atoms. The lowest BCUT2D eigenvalue weighted by molar-refractivity contribution is -0.120. The molecule has 20 heavy (non-hydrogen) atoms. The highest BCUT2D eigenvalue weighted by Crippen LogP contribution is 2.26. The summed E-state index contributed by atoms with van der Waals surface area (Å²) in [6, 6.07) is 7.10. The Balaban J connectivity index is 2.12. The number of nitrogens with one attached hydrogen (secondary N) is 1. The third kappa shape index (κ3) is 3.10. The zero-order valence-corrected chi connectivity index (χ0v) is 12.3. The number of anilines is 1. The highest BCUT2D eigenvalue weighted by atomic mass is 16.6. The van der Waals surface area contributed by atoms with E-state index in [9.17, 15) is 9.59 Å². The van der Waals surface area contributed by atoms with Gasteiger partial charge in [-0.05, 0) is 32.4 Å². The lowest BCUT2D eigenvalue weighted by Crippen LogP contribution is -2.52. The number of likely N-dealkylation sites (N-methyl/N-ethyl adjacent to an activating group) is 1. The van der Waals surface area contributed by atoms with E-state index in [1.165, 1.54) is 0 Å². The van der Waals surface area contributed by atoms with E-state index in [-0.39, 0.29) is 5.91 Å². The van der Waals surface area contributed by atoms with Gasteiger partial charge in [0.1, 0.15) is 11.6 Å². The minimum Gasteiger partial charge on any atom is -0.444 e. The van der Waals surface area contributed by atoms with Gasteiger partial charge in [-0.25, -0.2) is 4.79 Å². The molecule has 0 radical (unpaired) electrons. The molecule has 2 amide bonds. The molecule has 5 nitrogen and oxygen atoms in total. The first kappa shape index (κ1) is 14.4. The number of carbonyl (C=O) groups excluding carboxylic acids is 2. The first-order valence-corrected chi connectivity index (χ1v) is 6.63. The molecule has 1 atom stereocenters. The third-order valence-electron chi connectivity index (χ3n) is 3.10. The Labute approximate surface area is 118 Å². The maximum absolute atomic E-state index is 12.2. The average molecular weight is 276 g/mol. The number of fused-ring (bicyclic) bond motifs is 1. The van der Waals surface area contributed by atoms with Gasteiger partial charge in [-0.1, -0.05) is 18.2 Å². The van der Waals surface area contributed by atoms with E-state index < -0.39 is 17.7 Å². The molecule has 0 bridgehead atoms. The van der Waals surface area contributed by atoms with Gasteiger partial charge in [0, 0.05) is 19.2 Å². The summed E-state index contributed by atoms with van der Waals surface area (Å²) in [4.78, 5) is 25.6. The van der Waals surface area contributed by atoms with Crippen LogP contribution in [-0.4, -0.2) is 30.7 Å². The molecule has 1 aromatic rings. The van der Waals surface area contributed by atoms with E-state index in [0.29, 0.717) is 6.42 Å². The number of amides is 2. The number of rotatable bonds is 1. The maximum atomic E-state index is 12.2. The number of hydrogen-bond donors (Lipinski definition) is 1.